The number of ether oxygens (including phenoxy) is 1. The van der Waals surface area contributed by atoms with Gasteiger partial charge in [-0.25, -0.2) is 9.37 Å². The first kappa shape index (κ1) is 12.7. The normalized spacial score (nSPS) is 10.9. The molecule has 1 heterocycles. The molecule has 1 aromatic heterocycles. The van der Waals surface area contributed by atoms with Crippen molar-refractivity contribution < 1.29 is 13.5 Å². The molecule has 2 N–H and O–H groups in total. The van der Waals surface area contributed by atoms with Gasteiger partial charge in [0.2, 0.25) is 5.89 Å². The van der Waals surface area contributed by atoms with Crippen LogP contribution >= 0.6 is 11.6 Å². The first-order valence-corrected chi connectivity index (χ1v) is 6.22. The van der Waals surface area contributed by atoms with Crippen LogP contribution in [-0.4, -0.2) is 4.98 Å². The van der Waals surface area contributed by atoms with Gasteiger partial charge in [0.1, 0.15) is 17.1 Å². The van der Waals surface area contributed by atoms with E-state index in [9.17, 15) is 4.39 Å². The second-order valence-corrected chi connectivity index (χ2v) is 4.61. The third-order valence-corrected chi connectivity index (χ3v) is 3.00. The van der Waals surface area contributed by atoms with E-state index in [1.807, 2.05) is 0 Å². The molecule has 0 saturated carbocycles. The van der Waals surface area contributed by atoms with E-state index in [1.54, 1.807) is 18.2 Å². The zero-order valence-corrected chi connectivity index (χ0v) is 11.0. The van der Waals surface area contributed by atoms with Crippen molar-refractivity contribution in [1.29, 1.82) is 0 Å². The molecule has 0 aliphatic rings. The van der Waals surface area contributed by atoms with E-state index in [1.165, 1.54) is 18.2 Å². The summed E-state index contributed by atoms with van der Waals surface area (Å²) in [5, 5.41) is 0.199. The van der Waals surface area contributed by atoms with Crippen LogP contribution in [0.15, 0.2) is 40.8 Å². The lowest BCUT2D eigenvalue weighted by atomic mass is 10.3. The lowest BCUT2D eigenvalue weighted by Gasteiger charge is -2.05. The number of nitrogens with two attached hydrogens (primary N) is 1. The van der Waals surface area contributed by atoms with E-state index >= 15 is 0 Å². The fourth-order valence-corrected chi connectivity index (χ4v) is 2.01. The van der Waals surface area contributed by atoms with E-state index in [-0.39, 0.29) is 11.6 Å². The molecule has 0 saturated heterocycles. The Hall–Kier alpha value is -2.27. The van der Waals surface area contributed by atoms with Gasteiger partial charge in [-0.3, -0.25) is 0 Å². The number of hydrogen-bond acceptors (Lipinski definition) is 4. The number of anilines is 1. The summed E-state index contributed by atoms with van der Waals surface area (Å²) in [5.41, 5.74) is 7.57. The Kier molecular flexibility index (Phi) is 3.20. The molecule has 0 amide bonds. The van der Waals surface area contributed by atoms with E-state index in [0.717, 1.165) is 0 Å². The number of halogens is 2. The number of fused-ring (bicyclic) bond motifs is 1. The number of oxazole rings is 1. The van der Waals surface area contributed by atoms with E-state index in [0.29, 0.717) is 28.4 Å². The fraction of sp³-hybridized carbons (Fsp3) is 0.0714. The maximum absolute atomic E-state index is 12.9. The molecular weight excluding hydrogens is 283 g/mol. The van der Waals surface area contributed by atoms with Crippen molar-refractivity contribution >= 4 is 28.4 Å². The number of aromatic nitrogens is 1. The largest absolute Gasteiger partial charge is 0.482 e. The van der Waals surface area contributed by atoms with Crippen LogP contribution in [0, 0.1) is 5.82 Å². The van der Waals surface area contributed by atoms with Crippen LogP contribution in [0.4, 0.5) is 10.1 Å². The van der Waals surface area contributed by atoms with Crippen LogP contribution in [-0.2, 0) is 6.61 Å². The van der Waals surface area contributed by atoms with Gasteiger partial charge in [0.15, 0.2) is 12.2 Å². The monoisotopic (exact) mass is 292 g/mol. The molecule has 102 valence electrons. The summed E-state index contributed by atoms with van der Waals surface area (Å²) < 4.78 is 23.9. The molecule has 6 heteroatoms. The first-order chi connectivity index (χ1) is 9.61. The zero-order chi connectivity index (χ0) is 14.1. The number of benzene rings is 2. The maximum atomic E-state index is 12.9. The summed E-state index contributed by atoms with van der Waals surface area (Å²) in [6.45, 7) is 0.0972. The van der Waals surface area contributed by atoms with E-state index in [4.69, 9.17) is 26.5 Å². The molecule has 0 unspecified atom stereocenters. The highest BCUT2D eigenvalue weighted by atomic mass is 35.5. The van der Waals surface area contributed by atoms with Gasteiger partial charge in [-0.05, 0) is 36.4 Å². The second-order valence-electron chi connectivity index (χ2n) is 4.20. The average molecular weight is 293 g/mol. The lowest BCUT2D eigenvalue weighted by Crippen LogP contribution is -1.96. The molecule has 0 fully saturated rings. The molecule has 0 spiro atoms. The summed E-state index contributed by atoms with van der Waals surface area (Å²) >= 11 is 5.86. The smallest absolute Gasteiger partial charge is 0.233 e. The topological polar surface area (TPSA) is 61.3 Å². The summed E-state index contributed by atoms with van der Waals surface area (Å²) in [6.07, 6.45) is 0. The van der Waals surface area contributed by atoms with Gasteiger partial charge in [-0.15, -0.1) is 0 Å². The van der Waals surface area contributed by atoms with Gasteiger partial charge < -0.3 is 14.9 Å². The van der Waals surface area contributed by atoms with Gasteiger partial charge in [0.25, 0.3) is 0 Å². The molecule has 20 heavy (non-hydrogen) atoms. The van der Waals surface area contributed by atoms with Gasteiger partial charge in [0.05, 0.1) is 5.02 Å². The summed E-state index contributed by atoms with van der Waals surface area (Å²) in [6, 6.07) is 9.10. The molecule has 3 aromatic rings. The van der Waals surface area contributed by atoms with Gasteiger partial charge in [-0.2, -0.15) is 0 Å². The summed E-state index contributed by atoms with van der Waals surface area (Å²) in [7, 11) is 0. The van der Waals surface area contributed by atoms with Crippen molar-refractivity contribution in [3.05, 3.63) is 53.1 Å². The van der Waals surface area contributed by atoms with E-state index < -0.39 is 5.82 Å². The average Bonchev–Trinajstić information content (AvgIpc) is 2.79. The van der Waals surface area contributed by atoms with Gasteiger partial charge in [-0.1, -0.05) is 11.6 Å². The number of rotatable bonds is 3. The molecular formula is C14H10ClFN2O2. The number of hydrogen-bond donors (Lipinski definition) is 1. The van der Waals surface area contributed by atoms with Crippen LogP contribution in [0.5, 0.6) is 5.75 Å². The van der Waals surface area contributed by atoms with E-state index in [2.05, 4.69) is 4.98 Å². The number of nitrogen functional groups attached to an aromatic ring is 1. The van der Waals surface area contributed by atoms with Crippen molar-refractivity contribution in [1.82, 2.24) is 4.98 Å². The molecule has 4 nitrogen and oxygen atoms in total. The Morgan fingerprint density at radius 3 is 2.90 bits per heavy atom. The molecule has 2 aromatic carbocycles. The van der Waals surface area contributed by atoms with Crippen molar-refractivity contribution in [3.8, 4) is 5.75 Å². The zero-order valence-electron chi connectivity index (χ0n) is 10.3. The molecule has 3 rings (SSSR count). The molecule has 0 bridgehead atoms. The third-order valence-electron chi connectivity index (χ3n) is 2.70. The van der Waals surface area contributed by atoms with Crippen molar-refractivity contribution in [2.45, 2.75) is 6.61 Å². The number of nitrogens with zero attached hydrogens (tertiary/aromatic N) is 1. The Morgan fingerprint density at radius 1 is 1.25 bits per heavy atom. The summed E-state index contributed by atoms with van der Waals surface area (Å²) in [4.78, 5) is 4.25. The molecule has 0 aliphatic carbocycles. The summed E-state index contributed by atoms with van der Waals surface area (Å²) in [5.74, 6) is 0.348. The first-order valence-electron chi connectivity index (χ1n) is 5.84. The Morgan fingerprint density at radius 2 is 2.10 bits per heavy atom. The predicted molar refractivity (Wildman–Crippen MR) is 74.2 cm³/mol. The Labute approximate surface area is 118 Å². The van der Waals surface area contributed by atoms with Crippen LogP contribution in [0.1, 0.15) is 5.89 Å². The fourth-order valence-electron chi connectivity index (χ4n) is 1.79. The minimum atomic E-state index is -0.417. The van der Waals surface area contributed by atoms with Crippen molar-refractivity contribution in [2.75, 3.05) is 5.73 Å². The SMILES string of the molecule is Nc1ccc2oc(COc3ccc(F)cc3Cl)nc2c1. The maximum Gasteiger partial charge on any atom is 0.233 e. The predicted octanol–water partition coefficient (Wildman–Crippen LogP) is 3.78. The van der Waals surface area contributed by atoms with Crippen molar-refractivity contribution in [3.63, 3.8) is 0 Å². The Bertz CT molecular complexity index is 773. The lowest BCUT2D eigenvalue weighted by molar-refractivity contribution is 0.267. The highest BCUT2D eigenvalue weighted by Crippen LogP contribution is 2.26. The molecule has 0 aliphatic heterocycles. The third kappa shape index (κ3) is 2.53. The minimum Gasteiger partial charge on any atom is -0.482 e. The van der Waals surface area contributed by atoms with Gasteiger partial charge >= 0.3 is 0 Å². The second kappa shape index (κ2) is 5.02. The van der Waals surface area contributed by atoms with Crippen LogP contribution in [0.3, 0.4) is 0 Å². The molecule has 0 radical (unpaired) electrons. The van der Waals surface area contributed by atoms with Crippen molar-refractivity contribution in [2.24, 2.45) is 0 Å². The van der Waals surface area contributed by atoms with Crippen LogP contribution in [0.25, 0.3) is 11.1 Å². The Balaban J connectivity index is 1.79. The molecule has 0 atom stereocenters. The van der Waals surface area contributed by atoms with Crippen LogP contribution in [0.2, 0.25) is 5.02 Å². The highest BCUT2D eigenvalue weighted by molar-refractivity contribution is 6.32. The standard InChI is InChI=1S/C14H10ClFN2O2/c15-10-5-8(16)1-3-12(10)19-7-14-18-11-6-9(17)2-4-13(11)20-14/h1-6H,7,17H2. The highest BCUT2D eigenvalue weighted by Gasteiger charge is 2.08. The quantitative estimate of drug-likeness (QED) is 0.746. The van der Waals surface area contributed by atoms with Crippen LogP contribution < -0.4 is 10.5 Å². The van der Waals surface area contributed by atoms with Gasteiger partial charge in [0, 0.05) is 5.69 Å². The minimum absolute atomic E-state index is 0.0972.